The predicted molar refractivity (Wildman–Crippen MR) is 130 cm³/mol. The van der Waals surface area contributed by atoms with Crippen LogP contribution in [-0.4, -0.2) is 70.8 Å². The number of fused-ring (bicyclic) bond motifs is 1. The SMILES string of the molecule is CS(=O)(=O)N1CCN(c2cc(N)cc(Nc3nc(NC4CC4)c4ncc(N)n4n3)c2Cl)CC1. The highest BCUT2D eigenvalue weighted by Gasteiger charge is 2.26. The van der Waals surface area contributed by atoms with Gasteiger partial charge in [-0.3, -0.25) is 0 Å². The Hall–Kier alpha value is -3.03. The molecule has 1 aliphatic heterocycles. The topological polar surface area (TPSA) is 160 Å². The van der Waals surface area contributed by atoms with Crippen LogP contribution >= 0.6 is 11.6 Å². The molecule has 1 saturated carbocycles. The van der Waals surface area contributed by atoms with Crippen molar-refractivity contribution in [1.29, 1.82) is 0 Å². The van der Waals surface area contributed by atoms with Gasteiger partial charge in [-0.2, -0.15) is 13.8 Å². The van der Waals surface area contributed by atoms with E-state index in [9.17, 15) is 8.42 Å². The van der Waals surface area contributed by atoms with Crippen LogP contribution in [0.4, 0.5) is 34.6 Å². The third kappa shape index (κ3) is 4.43. The summed E-state index contributed by atoms with van der Waals surface area (Å²) in [6, 6.07) is 3.85. The number of piperazine rings is 1. The normalized spacial score (nSPS) is 17.5. The van der Waals surface area contributed by atoms with Crippen molar-refractivity contribution in [3.05, 3.63) is 23.4 Å². The number of nitrogens with two attached hydrogens (primary N) is 2. The highest BCUT2D eigenvalue weighted by atomic mass is 35.5. The number of aromatic nitrogens is 4. The lowest BCUT2D eigenvalue weighted by Gasteiger charge is -2.35. The number of rotatable bonds is 6. The van der Waals surface area contributed by atoms with E-state index in [0.29, 0.717) is 71.6 Å². The fraction of sp³-hybridized carbons (Fsp3) is 0.421. The van der Waals surface area contributed by atoms with Gasteiger partial charge in [-0.25, -0.2) is 13.4 Å². The van der Waals surface area contributed by atoms with E-state index in [4.69, 9.17) is 23.1 Å². The molecule has 2 aliphatic rings. The van der Waals surface area contributed by atoms with Crippen molar-refractivity contribution in [2.45, 2.75) is 18.9 Å². The Morgan fingerprint density at radius 1 is 1.15 bits per heavy atom. The molecule has 2 fully saturated rings. The molecule has 176 valence electrons. The Morgan fingerprint density at radius 2 is 1.88 bits per heavy atom. The Bertz CT molecular complexity index is 1320. The molecule has 0 bridgehead atoms. The zero-order valence-electron chi connectivity index (χ0n) is 18.0. The van der Waals surface area contributed by atoms with Crippen molar-refractivity contribution >= 4 is 61.9 Å². The first-order valence-electron chi connectivity index (χ1n) is 10.5. The number of nitrogen functional groups attached to an aromatic ring is 2. The van der Waals surface area contributed by atoms with Gasteiger partial charge in [-0.05, 0) is 25.0 Å². The van der Waals surface area contributed by atoms with Gasteiger partial charge >= 0.3 is 0 Å². The molecule has 12 nitrogen and oxygen atoms in total. The van der Waals surface area contributed by atoms with Gasteiger partial charge in [0.25, 0.3) is 0 Å². The smallest absolute Gasteiger partial charge is 0.247 e. The van der Waals surface area contributed by atoms with Crippen LogP contribution in [0.15, 0.2) is 18.3 Å². The van der Waals surface area contributed by atoms with E-state index >= 15 is 0 Å². The van der Waals surface area contributed by atoms with Crippen molar-refractivity contribution in [1.82, 2.24) is 23.9 Å². The first-order chi connectivity index (χ1) is 15.7. The lowest BCUT2D eigenvalue weighted by Crippen LogP contribution is -2.48. The fourth-order valence-electron chi connectivity index (χ4n) is 3.80. The van der Waals surface area contributed by atoms with Gasteiger partial charge in [0.05, 0.1) is 28.9 Å². The molecule has 2 aromatic heterocycles. The lowest BCUT2D eigenvalue weighted by atomic mass is 10.2. The van der Waals surface area contributed by atoms with Crippen molar-refractivity contribution in [2.24, 2.45) is 0 Å². The molecule has 3 aromatic rings. The maximum Gasteiger partial charge on any atom is 0.247 e. The molecule has 1 aliphatic carbocycles. The molecule has 1 aromatic carbocycles. The van der Waals surface area contributed by atoms with Crippen LogP contribution in [0, 0.1) is 0 Å². The van der Waals surface area contributed by atoms with Crippen molar-refractivity contribution in [3.63, 3.8) is 0 Å². The van der Waals surface area contributed by atoms with Crippen molar-refractivity contribution in [2.75, 3.05) is 59.4 Å². The Balaban J connectivity index is 1.44. The zero-order chi connectivity index (χ0) is 23.3. The first kappa shape index (κ1) is 21.8. The first-order valence-corrected chi connectivity index (χ1v) is 12.8. The molecular formula is C19H25ClN10O2S. The van der Waals surface area contributed by atoms with Crippen LogP contribution in [0.2, 0.25) is 5.02 Å². The summed E-state index contributed by atoms with van der Waals surface area (Å²) in [7, 11) is -3.23. The van der Waals surface area contributed by atoms with Crippen LogP contribution in [0.25, 0.3) is 5.65 Å². The monoisotopic (exact) mass is 492 g/mol. The summed E-state index contributed by atoms with van der Waals surface area (Å²) >= 11 is 6.75. The summed E-state index contributed by atoms with van der Waals surface area (Å²) < 4.78 is 26.6. The predicted octanol–water partition coefficient (Wildman–Crippen LogP) is 1.34. The minimum absolute atomic E-state index is 0.288. The Kier molecular flexibility index (Phi) is 5.34. The van der Waals surface area contributed by atoms with Gasteiger partial charge in [-0.15, -0.1) is 5.10 Å². The molecule has 0 atom stereocenters. The molecular weight excluding hydrogens is 468 g/mol. The van der Waals surface area contributed by atoms with E-state index in [1.54, 1.807) is 12.1 Å². The second-order valence-electron chi connectivity index (χ2n) is 8.30. The standard InChI is InChI=1S/C19H25ClN10O2S/c1-33(31,32)29-6-4-28(5-7-29)14-9-11(21)8-13(16(14)20)25-19-26-17(24-12-2-3-12)18-23-10-15(22)30(18)27-19/h8-10,12H,2-7,21-22H2,1H3,(H2,24,25,26,27). The second kappa shape index (κ2) is 8.08. The van der Waals surface area contributed by atoms with Crippen LogP contribution in [0.5, 0.6) is 0 Å². The average molecular weight is 493 g/mol. The van der Waals surface area contributed by atoms with Crippen LogP contribution < -0.4 is 27.0 Å². The van der Waals surface area contributed by atoms with Crippen LogP contribution in [0.1, 0.15) is 12.8 Å². The number of anilines is 6. The maximum atomic E-state index is 11.8. The van der Waals surface area contributed by atoms with E-state index in [2.05, 4.69) is 25.7 Å². The highest BCUT2D eigenvalue weighted by Crippen LogP contribution is 2.37. The second-order valence-corrected chi connectivity index (χ2v) is 10.7. The lowest BCUT2D eigenvalue weighted by molar-refractivity contribution is 0.388. The van der Waals surface area contributed by atoms with Crippen molar-refractivity contribution < 1.29 is 8.42 Å². The molecule has 0 spiro atoms. The number of hydrogen-bond acceptors (Lipinski definition) is 10. The highest BCUT2D eigenvalue weighted by molar-refractivity contribution is 7.88. The fourth-order valence-corrected chi connectivity index (χ4v) is 4.90. The number of benzene rings is 1. The molecule has 6 N–H and O–H groups in total. The van der Waals surface area contributed by atoms with E-state index in [1.807, 2.05) is 4.90 Å². The van der Waals surface area contributed by atoms with Gasteiger partial charge in [0.1, 0.15) is 5.82 Å². The van der Waals surface area contributed by atoms with Gasteiger partial charge < -0.3 is 27.0 Å². The summed E-state index contributed by atoms with van der Waals surface area (Å²) in [5, 5.41) is 11.4. The number of nitrogens with zero attached hydrogens (tertiary/aromatic N) is 6. The minimum atomic E-state index is -3.23. The number of imidazole rings is 1. The van der Waals surface area contributed by atoms with E-state index in [-0.39, 0.29) is 5.95 Å². The average Bonchev–Trinajstić information content (AvgIpc) is 3.50. The zero-order valence-corrected chi connectivity index (χ0v) is 19.6. The number of halogens is 1. The van der Waals surface area contributed by atoms with E-state index in [0.717, 1.165) is 12.8 Å². The van der Waals surface area contributed by atoms with Gasteiger partial charge in [-0.1, -0.05) is 11.6 Å². The molecule has 33 heavy (non-hydrogen) atoms. The molecule has 3 heterocycles. The third-order valence-corrected chi connectivity index (χ3v) is 7.38. The van der Waals surface area contributed by atoms with Crippen LogP contribution in [-0.2, 0) is 10.0 Å². The number of sulfonamides is 1. The molecule has 1 saturated heterocycles. The molecule has 14 heteroatoms. The summed E-state index contributed by atoms with van der Waals surface area (Å²) in [5.41, 5.74) is 14.5. The Morgan fingerprint density at radius 3 is 2.55 bits per heavy atom. The summed E-state index contributed by atoms with van der Waals surface area (Å²) in [4.78, 5) is 10.9. The van der Waals surface area contributed by atoms with Gasteiger partial charge in [0, 0.05) is 37.9 Å². The quantitative estimate of drug-likeness (QED) is 0.369. The maximum absolute atomic E-state index is 11.8. The molecule has 0 radical (unpaired) electrons. The Labute approximate surface area is 196 Å². The van der Waals surface area contributed by atoms with E-state index < -0.39 is 10.0 Å². The van der Waals surface area contributed by atoms with Crippen molar-refractivity contribution in [3.8, 4) is 0 Å². The number of hydrogen-bond donors (Lipinski definition) is 4. The third-order valence-electron chi connectivity index (χ3n) is 5.68. The largest absolute Gasteiger partial charge is 0.399 e. The summed E-state index contributed by atoms with van der Waals surface area (Å²) in [6.45, 7) is 1.75. The van der Waals surface area contributed by atoms with E-state index in [1.165, 1.54) is 21.3 Å². The molecule has 5 rings (SSSR count). The van der Waals surface area contributed by atoms with Gasteiger partial charge in [0.15, 0.2) is 11.5 Å². The molecule has 0 amide bonds. The summed E-state index contributed by atoms with van der Waals surface area (Å²) in [5.74, 6) is 1.26. The molecule has 0 unspecified atom stereocenters. The summed E-state index contributed by atoms with van der Waals surface area (Å²) in [6.07, 6.45) is 4.90. The van der Waals surface area contributed by atoms with Gasteiger partial charge in [0.2, 0.25) is 16.0 Å². The number of nitrogens with one attached hydrogen (secondary N) is 2. The minimum Gasteiger partial charge on any atom is -0.399 e. The van der Waals surface area contributed by atoms with Crippen LogP contribution in [0.3, 0.4) is 0 Å².